The third kappa shape index (κ3) is 3.45. The summed E-state index contributed by atoms with van der Waals surface area (Å²) in [6.07, 6.45) is 0. The Kier molecular flexibility index (Phi) is 5.96. The maximum atomic E-state index is 12.9. The molecule has 2 fully saturated rings. The zero-order valence-electron chi connectivity index (χ0n) is 13.7. The van der Waals surface area contributed by atoms with E-state index < -0.39 is 0 Å². The Morgan fingerprint density at radius 2 is 2.00 bits per heavy atom. The molecule has 0 saturated carbocycles. The molecular weight excluding hydrogens is 351 g/mol. The first-order valence-corrected chi connectivity index (χ1v) is 8.26. The zero-order chi connectivity index (χ0) is 16.6. The zero-order valence-corrected chi connectivity index (χ0v) is 15.3. The highest BCUT2D eigenvalue weighted by molar-refractivity contribution is 6.34. The molecule has 0 aromatic heterocycles. The van der Waals surface area contributed by atoms with E-state index in [-0.39, 0.29) is 36.4 Å². The number of carbonyl (C=O) groups excluding carboxylic acids is 2. The maximum Gasteiger partial charge on any atom is 0.321 e. The lowest BCUT2D eigenvalue weighted by Gasteiger charge is -2.38. The summed E-state index contributed by atoms with van der Waals surface area (Å²) < 4.78 is 0. The molecule has 2 aliphatic rings. The predicted octanol–water partition coefficient (Wildman–Crippen LogP) is 2.11. The van der Waals surface area contributed by atoms with E-state index in [0.29, 0.717) is 35.9 Å². The number of nitrogens with zero attached hydrogens (tertiary/aromatic N) is 2. The predicted molar refractivity (Wildman–Crippen MR) is 97.4 cm³/mol. The van der Waals surface area contributed by atoms with Crippen molar-refractivity contribution in [3.8, 4) is 0 Å². The van der Waals surface area contributed by atoms with Gasteiger partial charge in [0.25, 0.3) is 5.91 Å². The molecule has 2 heterocycles. The lowest BCUT2D eigenvalue weighted by atomic mass is 10.0. The third-order valence-electron chi connectivity index (χ3n) is 4.64. The van der Waals surface area contributed by atoms with Gasteiger partial charge < -0.3 is 15.5 Å². The van der Waals surface area contributed by atoms with E-state index in [0.717, 1.165) is 6.54 Å². The molecule has 3 amide bonds. The van der Waals surface area contributed by atoms with Crippen molar-refractivity contribution in [3.05, 3.63) is 28.8 Å². The van der Waals surface area contributed by atoms with Crippen LogP contribution >= 0.6 is 24.0 Å². The van der Waals surface area contributed by atoms with Crippen LogP contribution in [0.15, 0.2) is 18.2 Å². The lowest BCUT2D eigenvalue weighted by Crippen LogP contribution is -2.57. The van der Waals surface area contributed by atoms with E-state index in [1.54, 1.807) is 23.1 Å². The van der Waals surface area contributed by atoms with E-state index in [9.17, 15) is 9.59 Å². The molecule has 1 aromatic rings. The number of nitrogens with one attached hydrogen (secondary N) is 2. The van der Waals surface area contributed by atoms with Crippen LogP contribution in [0.2, 0.25) is 5.02 Å². The Labute approximate surface area is 152 Å². The first-order chi connectivity index (χ1) is 11.0. The van der Waals surface area contributed by atoms with E-state index in [4.69, 9.17) is 11.6 Å². The van der Waals surface area contributed by atoms with Crippen LogP contribution in [0.5, 0.6) is 0 Å². The van der Waals surface area contributed by atoms with Crippen molar-refractivity contribution in [2.75, 3.05) is 31.1 Å². The fourth-order valence-corrected chi connectivity index (χ4v) is 3.26. The standard InChI is InChI=1S/C16H21ClN4O2.ClH/c1-10-11(2)20(7-5-18-10)15(22)13-9-12(3-4-14(13)17)21-8-6-19-16(21)23;/h3-4,9-11,18H,5-8H2,1-2H3,(H,19,23);1H. The highest BCUT2D eigenvalue weighted by Gasteiger charge is 2.30. The summed E-state index contributed by atoms with van der Waals surface area (Å²) in [5.74, 6) is -0.0858. The fraction of sp³-hybridized carbons (Fsp3) is 0.500. The molecule has 2 saturated heterocycles. The van der Waals surface area contributed by atoms with Gasteiger partial charge in [0.1, 0.15) is 0 Å². The Morgan fingerprint density at radius 1 is 1.25 bits per heavy atom. The van der Waals surface area contributed by atoms with E-state index >= 15 is 0 Å². The smallest absolute Gasteiger partial charge is 0.321 e. The van der Waals surface area contributed by atoms with E-state index in [2.05, 4.69) is 17.6 Å². The van der Waals surface area contributed by atoms with Gasteiger partial charge in [-0.25, -0.2) is 4.79 Å². The minimum absolute atomic E-state index is 0. The molecule has 8 heteroatoms. The molecule has 0 bridgehead atoms. The van der Waals surface area contributed by atoms with Gasteiger partial charge in [0, 0.05) is 44.0 Å². The summed E-state index contributed by atoms with van der Waals surface area (Å²) in [6.45, 7) is 6.71. The summed E-state index contributed by atoms with van der Waals surface area (Å²) in [4.78, 5) is 28.2. The minimum Gasteiger partial charge on any atom is -0.336 e. The lowest BCUT2D eigenvalue weighted by molar-refractivity contribution is 0.0603. The molecule has 132 valence electrons. The highest BCUT2D eigenvalue weighted by Crippen LogP contribution is 2.26. The van der Waals surface area contributed by atoms with Crippen molar-refractivity contribution in [3.63, 3.8) is 0 Å². The van der Waals surface area contributed by atoms with Crippen LogP contribution in [0.4, 0.5) is 10.5 Å². The topological polar surface area (TPSA) is 64.7 Å². The number of hydrogen-bond acceptors (Lipinski definition) is 3. The van der Waals surface area contributed by atoms with Crippen molar-refractivity contribution in [1.29, 1.82) is 0 Å². The Bertz CT molecular complexity index is 641. The third-order valence-corrected chi connectivity index (χ3v) is 4.97. The fourth-order valence-electron chi connectivity index (χ4n) is 3.06. The number of benzene rings is 1. The van der Waals surface area contributed by atoms with Crippen LogP contribution in [0.3, 0.4) is 0 Å². The van der Waals surface area contributed by atoms with Gasteiger partial charge in [-0.3, -0.25) is 9.69 Å². The summed E-state index contributed by atoms with van der Waals surface area (Å²) >= 11 is 6.26. The van der Waals surface area contributed by atoms with E-state index in [1.807, 2.05) is 11.8 Å². The molecular formula is C16H22Cl2N4O2. The van der Waals surface area contributed by atoms with Crippen LogP contribution in [-0.2, 0) is 0 Å². The van der Waals surface area contributed by atoms with Crippen LogP contribution in [0.25, 0.3) is 0 Å². The van der Waals surface area contributed by atoms with Crippen molar-refractivity contribution >= 4 is 41.6 Å². The van der Waals surface area contributed by atoms with Crippen LogP contribution in [0, 0.1) is 0 Å². The number of urea groups is 1. The van der Waals surface area contributed by atoms with Crippen molar-refractivity contribution in [2.45, 2.75) is 25.9 Å². The minimum atomic E-state index is -0.144. The molecule has 3 rings (SSSR count). The number of piperazine rings is 1. The number of anilines is 1. The summed E-state index contributed by atoms with van der Waals surface area (Å²) in [5, 5.41) is 6.53. The molecule has 24 heavy (non-hydrogen) atoms. The van der Waals surface area contributed by atoms with Gasteiger partial charge in [0.2, 0.25) is 0 Å². The summed E-state index contributed by atoms with van der Waals surface area (Å²) in [7, 11) is 0. The average Bonchev–Trinajstić information content (AvgIpc) is 2.96. The largest absolute Gasteiger partial charge is 0.336 e. The van der Waals surface area contributed by atoms with Crippen molar-refractivity contribution in [1.82, 2.24) is 15.5 Å². The molecule has 0 spiro atoms. The van der Waals surface area contributed by atoms with Gasteiger partial charge >= 0.3 is 6.03 Å². The highest BCUT2D eigenvalue weighted by atomic mass is 35.5. The average molecular weight is 373 g/mol. The Balaban J connectivity index is 0.00000208. The first-order valence-electron chi connectivity index (χ1n) is 7.88. The molecule has 0 aliphatic carbocycles. The van der Waals surface area contributed by atoms with Crippen molar-refractivity contribution in [2.24, 2.45) is 0 Å². The van der Waals surface area contributed by atoms with Gasteiger partial charge in [-0.2, -0.15) is 0 Å². The summed E-state index contributed by atoms with van der Waals surface area (Å²) in [5.41, 5.74) is 1.15. The monoisotopic (exact) mass is 372 g/mol. The number of carbonyl (C=O) groups is 2. The number of amides is 3. The molecule has 2 aliphatic heterocycles. The maximum absolute atomic E-state index is 12.9. The first kappa shape index (κ1) is 18.8. The molecule has 6 nitrogen and oxygen atoms in total. The quantitative estimate of drug-likeness (QED) is 0.835. The van der Waals surface area contributed by atoms with Gasteiger partial charge in [-0.15, -0.1) is 12.4 Å². The van der Waals surface area contributed by atoms with E-state index in [1.165, 1.54) is 0 Å². The Hall–Kier alpha value is -1.50. The van der Waals surface area contributed by atoms with Crippen LogP contribution < -0.4 is 15.5 Å². The van der Waals surface area contributed by atoms with Crippen molar-refractivity contribution < 1.29 is 9.59 Å². The molecule has 2 atom stereocenters. The molecule has 0 radical (unpaired) electrons. The Morgan fingerprint density at radius 3 is 2.67 bits per heavy atom. The van der Waals surface area contributed by atoms with Gasteiger partial charge in [0.05, 0.1) is 10.6 Å². The number of halogens is 2. The normalized spacial score (nSPS) is 23.7. The van der Waals surface area contributed by atoms with Crippen LogP contribution in [-0.4, -0.2) is 55.1 Å². The SMILES string of the molecule is CC1NCCN(C(=O)c2cc(N3CCNC3=O)ccc2Cl)C1C.Cl. The van der Waals surface area contributed by atoms with Crippen LogP contribution in [0.1, 0.15) is 24.2 Å². The van der Waals surface area contributed by atoms with Gasteiger partial charge in [-0.1, -0.05) is 11.6 Å². The number of rotatable bonds is 2. The second-order valence-electron chi connectivity index (χ2n) is 6.03. The summed E-state index contributed by atoms with van der Waals surface area (Å²) in [6, 6.07) is 5.36. The second kappa shape index (κ2) is 7.59. The molecule has 1 aromatic carbocycles. The second-order valence-corrected chi connectivity index (χ2v) is 6.44. The molecule has 2 N–H and O–H groups in total. The number of hydrogen-bond donors (Lipinski definition) is 2. The van der Waals surface area contributed by atoms with Gasteiger partial charge in [-0.05, 0) is 32.0 Å². The van der Waals surface area contributed by atoms with Gasteiger partial charge in [0.15, 0.2) is 0 Å². The molecule has 2 unspecified atom stereocenters.